The molecule has 0 amide bonds. The summed E-state index contributed by atoms with van der Waals surface area (Å²) >= 11 is 0. The minimum atomic E-state index is -6.26. The number of ketones is 1. The van der Waals surface area contributed by atoms with Crippen LogP contribution in [-0.4, -0.2) is 61.1 Å². The Kier molecular flexibility index (Phi) is 8.24. The molecule has 0 bridgehead atoms. The third kappa shape index (κ3) is 6.49. The zero-order valence-corrected chi connectivity index (χ0v) is 15.1. The lowest BCUT2D eigenvalue weighted by molar-refractivity contribution is -0.355. The highest BCUT2D eigenvalue weighted by atomic mass is 32.2. The van der Waals surface area contributed by atoms with Crippen molar-refractivity contribution in [3.63, 3.8) is 0 Å². The zero-order chi connectivity index (χ0) is 22.6. The van der Waals surface area contributed by atoms with Gasteiger partial charge in [0.15, 0.2) is 15.9 Å². The number of hydrogen-bond acceptors (Lipinski definition) is 9. The lowest BCUT2D eigenvalue weighted by Gasteiger charge is -2.32. The first-order valence-electron chi connectivity index (χ1n) is 6.97. The number of hydrogen-bond donors (Lipinski definition) is 0. The van der Waals surface area contributed by atoms with Crippen LogP contribution in [0.1, 0.15) is 20.3 Å². The number of Topliss-reactive ketones (excluding diaryl/α,β-unsaturated/α-hetero) is 1. The van der Waals surface area contributed by atoms with Gasteiger partial charge in [0.1, 0.15) is 6.61 Å². The third-order valence-corrected chi connectivity index (χ3v) is 3.63. The first-order chi connectivity index (χ1) is 12.4. The van der Waals surface area contributed by atoms with E-state index in [9.17, 15) is 49.3 Å². The first kappa shape index (κ1) is 25.9. The Hall–Kier alpha value is -2.13. The average Bonchev–Trinajstić information content (AvgIpc) is 2.48. The van der Waals surface area contributed by atoms with Gasteiger partial charge < -0.3 is 18.8 Å². The van der Waals surface area contributed by atoms with E-state index in [0.29, 0.717) is 0 Å². The molecule has 0 aliphatic heterocycles. The smallest absolute Gasteiger partial charge is 0.468 e. The van der Waals surface area contributed by atoms with E-state index in [-0.39, 0.29) is 0 Å². The molecule has 1 unspecified atom stereocenters. The standard InChI is InChI=1S/C13H15F5O9S/c1-7(2)9(20)27-12(13(16,17)18,10(21)25-6-8(3)19)26-5-4-11(14,15)28(22,23)24/h1,4-6H2,2-3H3,(H,22,23,24)/p-1. The molecule has 1 atom stereocenters. The normalized spacial score (nSPS) is 14.7. The molecule has 9 nitrogen and oxygen atoms in total. The Balaban J connectivity index is 5.91. The molecule has 0 aromatic rings. The van der Waals surface area contributed by atoms with Crippen molar-refractivity contribution in [2.24, 2.45) is 0 Å². The lowest BCUT2D eigenvalue weighted by Crippen LogP contribution is -2.58. The first-order valence-corrected chi connectivity index (χ1v) is 8.37. The fourth-order valence-electron chi connectivity index (χ4n) is 1.30. The molecule has 0 aromatic carbocycles. The molecule has 0 saturated heterocycles. The number of rotatable bonds is 10. The summed E-state index contributed by atoms with van der Waals surface area (Å²) < 4.78 is 110. The van der Waals surface area contributed by atoms with Gasteiger partial charge >= 0.3 is 29.2 Å². The van der Waals surface area contributed by atoms with Crippen LogP contribution in [-0.2, 0) is 38.7 Å². The van der Waals surface area contributed by atoms with Crippen LogP contribution in [0.25, 0.3) is 0 Å². The Morgan fingerprint density at radius 2 is 1.57 bits per heavy atom. The maximum Gasteiger partial charge on any atom is 0.468 e. The van der Waals surface area contributed by atoms with Crippen molar-refractivity contribution in [1.82, 2.24) is 0 Å². The fourth-order valence-corrected chi connectivity index (χ4v) is 1.64. The highest BCUT2D eigenvalue weighted by molar-refractivity contribution is 7.86. The van der Waals surface area contributed by atoms with Crippen molar-refractivity contribution in [3.05, 3.63) is 12.2 Å². The molecule has 0 spiro atoms. The minimum Gasteiger partial charge on any atom is -0.743 e. The van der Waals surface area contributed by atoms with Gasteiger partial charge in [0.2, 0.25) is 0 Å². The van der Waals surface area contributed by atoms with Gasteiger partial charge in [-0.15, -0.1) is 0 Å². The maximum absolute atomic E-state index is 13.4. The van der Waals surface area contributed by atoms with Crippen LogP contribution >= 0.6 is 0 Å². The van der Waals surface area contributed by atoms with Crippen molar-refractivity contribution >= 4 is 27.8 Å². The van der Waals surface area contributed by atoms with Crippen LogP contribution in [0, 0.1) is 0 Å². The van der Waals surface area contributed by atoms with Gasteiger partial charge in [-0.1, -0.05) is 6.58 Å². The Labute approximate surface area is 155 Å². The van der Waals surface area contributed by atoms with Gasteiger partial charge in [-0.25, -0.2) is 18.0 Å². The Morgan fingerprint density at radius 1 is 1.07 bits per heavy atom. The molecule has 15 heteroatoms. The van der Waals surface area contributed by atoms with E-state index in [0.717, 1.165) is 13.8 Å². The van der Waals surface area contributed by atoms with Crippen molar-refractivity contribution in [1.29, 1.82) is 0 Å². The van der Waals surface area contributed by atoms with Crippen LogP contribution in [0.2, 0.25) is 0 Å². The maximum atomic E-state index is 13.4. The van der Waals surface area contributed by atoms with E-state index < -0.39 is 70.3 Å². The van der Waals surface area contributed by atoms with Gasteiger partial charge in [0.25, 0.3) is 0 Å². The molecule has 162 valence electrons. The van der Waals surface area contributed by atoms with Crippen molar-refractivity contribution < 1.29 is 63.5 Å². The van der Waals surface area contributed by atoms with Crippen molar-refractivity contribution in [2.75, 3.05) is 13.2 Å². The Morgan fingerprint density at radius 3 is 1.93 bits per heavy atom. The molecular weight excluding hydrogens is 427 g/mol. The molecule has 0 aliphatic carbocycles. The number of halogens is 5. The molecule has 28 heavy (non-hydrogen) atoms. The van der Waals surface area contributed by atoms with Crippen LogP contribution in [0.4, 0.5) is 22.0 Å². The molecular formula is C13H14F5O9S-. The average molecular weight is 441 g/mol. The van der Waals surface area contributed by atoms with Crippen LogP contribution in [0.3, 0.4) is 0 Å². The molecule has 0 radical (unpaired) electrons. The van der Waals surface area contributed by atoms with Gasteiger partial charge in [-0.05, 0) is 13.8 Å². The fraction of sp³-hybridized carbons (Fsp3) is 0.615. The van der Waals surface area contributed by atoms with E-state index in [1.54, 1.807) is 0 Å². The monoisotopic (exact) mass is 441 g/mol. The van der Waals surface area contributed by atoms with E-state index in [4.69, 9.17) is 0 Å². The van der Waals surface area contributed by atoms with Gasteiger partial charge in [0.05, 0.1) is 6.61 Å². The summed E-state index contributed by atoms with van der Waals surface area (Å²) in [5, 5.41) is -5.05. The number of esters is 2. The highest BCUT2D eigenvalue weighted by Gasteiger charge is 2.68. The summed E-state index contributed by atoms with van der Waals surface area (Å²) in [6, 6.07) is 0. The van der Waals surface area contributed by atoms with E-state index >= 15 is 0 Å². The summed E-state index contributed by atoms with van der Waals surface area (Å²) in [5.74, 6) is -9.90. The topological polar surface area (TPSA) is 136 Å². The molecule has 0 fully saturated rings. The van der Waals surface area contributed by atoms with Crippen molar-refractivity contribution in [2.45, 2.75) is 37.5 Å². The number of carbonyl (C=O) groups excluding carboxylic acids is 3. The summed E-state index contributed by atoms with van der Waals surface area (Å²) in [5.41, 5.74) is -0.663. The second-order valence-electron chi connectivity index (χ2n) is 5.25. The largest absolute Gasteiger partial charge is 0.743 e. The predicted octanol–water partition coefficient (Wildman–Crippen LogP) is 1.04. The second kappa shape index (κ2) is 8.91. The molecule has 0 saturated carbocycles. The lowest BCUT2D eigenvalue weighted by atomic mass is 10.2. The van der Waals surface area contributed by atoms with Gasteiger partial charge in [0, 0.05) is 12.0 Å². The quantitative estimate of drug-likeness (QED) is 0.160. The van der Waals surface area contributed by atoms with Crippen LogP contribution in [0.5, 0.6) is 0 Å². The Bertz CT molecular complexity index is 744. The summed E-state index contributed by atoms with van der Waals surface area (Å²) in [6.45, 7) is 1.57. The number of alkyl halides is 5. The zero-order valence-electron chi connectivity index (χ0n) is 14.3. The van der Waals surface area contributed by atoms with Crippen molar-refractivity contribution in [3.8, 4) is 0 Å². The molecule has 0 heterocycles. The van der Waals surface area contributed by atoms with E-state index in [1.807, 2.05) is 0 Å². The summed E-state index contributed by atoms with van der Waals surface area (Å²) in [4.78, 5) is 34.1. The predicted molar refractivity (Wildman–Crippen MR) is 76.5 cm³/mol. The number of ether oxygens (including phenoxy) is 3. The molecule has 0 aromatic heterocycles. The van der Waals surface area contributed by atoms with Crippen LogP contribution < -0.4 is 0 Å². The third-order valence-electron chi connectivity index (χ3n) is 2.70. The summed E-state index contributed by atoms with van der Waals surface area (Å²) in [6.07, 6.45) is -8.03. The SMILES string of the molecule is C=C(C)C(=O)OC(OCCC(F)(F)S(=O)(=O)[O-])(C(=O)OCC(C)=O)C(F)(F)F. The van der Waals surface area contributed by atoms with Crippen LogP contribution in [0.15, 0.2) is 12.2 Å². The molecule has 0 rings (SSSR count). The number of carbonyl (C=O) groups is 3. The second-order valence-corrected chi connectivity index (χ2v) is 6.76. The van der Waals surface area contributed by atoms with Gasteiger partial charge in [-0.2, -0.15) is 22.0 Å². The van der Waals surface area contributed by atoms with E-state index in [1.165, 1.54) is 0 Å². The minimum absolute atomic E-state index is 0.663. The van der Waals surface area contributed by atoms with Gasteiger partial charge in [-0.3, -0.25) is 4.79 Å². The molecule has 0 N–H and O–H groups in total. The highest BCUT2D eigenvalue weighted by Crippen LogP contribution is 2.38. The molecule has 0 aliphatic rings. The van der Waals surface area contributed by atoms with E-state index in [2.05, 4.69) is 20.8 Å². The summed E-state index contributed by atoms with van der Waals surface area (Å²) in [7, 11) is -6.26.